The van der Waals surface area contributed by atoms with Crippen molar-refractivity contribution in [2.75, 3.05) is 23.8 Å². The van der Waals surface area contributed by atoms with E-state index in [0.29, 0.717) is 12.6 Å². The van der Waals surface area contributed by atoms with Crippen molar-refractivity contribution < 1.29 is 8.42 Å². The fraction of sp³-hybridized carbons (Fsp3) is 1.00. The summed E-state index contributed by atoms with van der Waals surface area (Å²) < 4.78 is 26.2. The van der Waals surface area contributed by atoms with E-state index in [4.69, 9.17) is 0 Å². The number of nitrogens with one attached hydrogen (secondary N) is 2. The van der Waals surface area contributed by atoms with E-state index in [9.17, 15) is 8.42 Å². The molecule has 0 amide bonds. The molecule has 0 spiro atoms. The highest BCUT2D eigenvalue weighted by atomic mass is 32.2. The Hall–Kier alpha value is 0.220. The van der Waals surface area contributed by atoms with Gasteiger partial charge in [-0.15, -0.1) is 0 Å². The Bertz CT molecular complexity index is 285. The first-order valence-corrected chi connectivity index (χ1v) is 8.61. The SMILES string of the molecule is CC(C)NCCS(=O)(=O)NC1CCSCC1. The Morgan fingerprint density at radius 1 is 1.31 bits per heavy atom. The molecule has 16 heavy (non-hydrogen) atoms. The quantitative estimate of drug-likeness (QED) is 0.746. The molecule has 1 aliphatic rings. The second-order valence-electron chi connectivity index (χ2n) is 4.43. The summed E-state index contributed by atoms with van der Waals surface area (Å²) in [5.41, 5.74) is 0. The van der Waals surface area contributed by atoms with Crippen LogP contribution in [0.4, 0.5) is 0 Å². The summed E-state index contributed by atoms with van der Waals surface area (Å²) in [5, 5.41) is 3.12. The molecule has 6 heteroatoms. The second-order valence-corrected chi connectivity index (χ2v) is 7.53. The Morgan fingerprint density at radius 3 is 2.50 bits per heavy atom. The predicted molar refractivity (Wildman–Crippen MR) is 70.4 cm³/mol. The van der Waals surface area contributed by atoms with Gasteiger partial charge in [-0.25, -0.2) is 13.1 Å². The first kappa shape index (κ1) is 14.3. The van der Waals surface area contributed by atoms with Gasteiger partial charge in [0.05, 0.1) is 5.75 Å². The van der Waals surface area contributed by atoms with Crippen LogP contribution in [0.2, 0.25) is 0 Å². The van der Waals surface area contributed by atoms with E-state index >= 15 is 0 Å². The van der Waals surface area contributed by atoms with E-state index in [1.165, 1.54) is 0 Å². The monoisotopic (exact) mass is 266 g/mol. The lowest BCUT2D eigenvalue weighted by atomic mass is 10.2. The maximum atomic E-state index is 11.7. The molecule has 0 atom stereocenters. The van der Waals surface area contributed by atoms with Crippen molar-refractivity contribution in [2.45, 2.75) is 38.8 Å². The van der Waals surface area contributed by atoms with E-state index in [1.54, 1.807) is 0 Å². The van der Waals surface area contributed by atoms with Crippen LogP contribution < -0.4 is 10.0 Å². The first-order chi connectivity index (χ1) is 7.49. The van der Waals surface area contributed by atoms with Crippen molar-refractivity contribution in [3.63, 3.8) is 0 Å². The Morgan fingerprint density at radius 2 is 1.94 bits per heavy atom. The molecule has 1 rings (SSSR count). The predicted octanol–water partition coefficient (Wildman–Crippen LogP) is 0.799. The molecule has 0 saturated carbocycles. The third kappa shape index (κ3) is 6.08. The molecule has 1 saturated heterocycles. The third-order valence-electron chi connectivity index (χ3n) is 2.49. The van der Waals surface area contributed by atoms with Crippen molar-refractivity contribution >= 4 is 21.8 Å². The largest absolute Gasteiger partial charge is 0.313 e. The third-order valence-corrected chi connectivity index (χ3v) is 4.97. The van der Waals surface area contributed by atoms with Gasteiger partial charge in [0.2, 0.25) is 10.0 Å². The fourth-order valence-corrected chi connectivity index (χ4v) is 3.96. The molecule has 4 nitrogen and oxygen atoms in total. The summed E-state index contributed by atoms with van der Waals surface area (Å²) in [4.78, 5) is 0. The van der Waals surface area contributed by atoms with Gasteiger partial charge >= 0.3 is 0 Å². The standard InChI is InChI=1S/C10H22N2O2S2/c1-9(2)11-5-8-16(13,14)12-10-3-6-15-7-4-10/h9-12H,3-8H2,1-2H3. The molecule has 1 heterocycles. The van der Waals surface area contributed by atoms with Crippen LogP contribution in [0, 0.1) is 0 Å². The van der Waals surface area contributed by atoms with Gasteiger partial charge in [-0.1, -0.05) is 13.8 Å². The second kappa shape index (κ2) is 6.83. The van der Waals surface area contributed by atoms with Crippen LogP contribution in [-0.4, -0.2) is 44.3 Å². The Balaban J connectivity index is 2.27. The van der Waals surface area contributed by atoms with Crippen molar-refractivity contribution in [3.8, 4) is 0 Å². The highest BCUT2D eigenvalue weighted by Gasteiger charge is 2.19. The molecule has 0 radical (unpaired) electrons. The van der Waals surface area contributed by atoms with Gasteiger partial charge in [-0.3, -0.25) is 0 Å². The molecule has 0 aliphatic carbocycles. The zero-order chi connectivity index (χ0) is 12.0. The molecule has 1 aliphatic heterocycles. The summed E-state index contributed by atoms with van der Waals surface area (Å²) >= 11 is 1.90. The van der Waals surface area contributed by atoms with Gasteiger partial charge in [0.15, 0.2) is 0 Å². The van der Waals surface area contributed by atoms with Crippen LogP contribution in [0.5, 0.6) is 0 Å². The van der Waals surface area contributed by atoms with Crippen LogP contribution in [-0.2, 0) is 10.0 Å². The lowest BCUT2D eigenvalue weighted by Gasteiger charge is -2.22. The van der Waals surface area contributed by atoms with Gasteiger partial charge in [0, 0.05) is 18.6 Å². The van der Waals surface area contributed by atoms with Crippen LogP contribution >= 0.6 is 11.8 Å². The molecule has 96 valence electrons. The van der Waals surface area contributed by atoms with Crippen molar-refractivity contribution in [1.29, 1.82) is 0 Å². The number of hydrogen-bond acceptors (Lipinski definition) is 4. The number of sulfonamides is 1. The maximum Gasteiger partial charge on any atom is 0.213 e. The van der Waals surface area contributed by atoms with E-state index in [0.717, 1.165) is 24.3 Å². The maximum absolute atomic E-state index is 11.7. The van der Waals surface area contributed by atoms with Crippen LogP contribution in [0.3, 0.4) is 0 Å². The normalized spacial score (nSPS) is 19.2. The average molecular weight is 266 g/mol. The molecule has 0 aromatic carbocycles. The number of hydrogen-bond donors (Lipinski definition) is 2. The first-order valence-electron chi connectivity index (χ1n) is 5.81. The molecular formula is C10H22N2O2S2. The van der Waals surface area contributed by atoms with Crippen LogP contribution in [0.1, 0.15) is 26.7 Å². The molecular weight excluding hydrogens is 244 g/mol. The molecule has 0 aromatic rings. The summed E-state index contributed by atoms with van der Waals surface area (Å²) in [7, 11) is -3.10. The van der Waals surface area contributed by atoms with Gasteiger partial charge < -0.3 is 5.32 Å². The minimum Gasteiger partial charge on any atom is -0.313 e. The van der Waals surface area contributed by atoms with Gasteiger partial charge in [0.1, 0.15) is 0 Å². The fourth-order valence-electron chi connectivity index (χ4n) is 1.61. The van der Waals surface area contributed by atoms with E-state index in [2.05, 4.69) is 10.0 Å². The van der Waals surface area contributed by atoms with E-state index < -0.39 is 10.0 Å². The summed E-state index contributed by atoms with van der Waals surface area (Å²) in [6, 6.07) is 0.492. The Kier molecular flexibility index (Phi) is 6.10. The number of rotatable bonds is 6. The Labute approximate surface area is 103 Å². The average Bonchev–Trinajstić information content (AvgIpc) is 2.17. The smallest absolute Gasteiger partial charge is 0.213 e. The van der Waals surface area contributed by atoms with Crippen molar-refractivity contribution in [2.24, 2.45) is 0 Å². The highest BCUT2D eigenvalue weighted by Crippen LogP contribution is 2.17. The summed E-state index contributed by atoms with van der Waals surface area (Å²) in [6.07, 6.45) is 1.92. The van der Waals surface area contributed by atoms with Crippen LogP contribution in [0.15, 0.2) is 0 Å². The van der Waals surface area contributed by atoms with Crippen LogP contribution in [0.25, 0.3) is 0 Å². The molecule has 1 fully saturated rings. The van der Waals surface area contributed by atoms with Crippen molar-refractivity contribution in [1.82, 2.24) is 10.0 Å². The molecule has 0 aromatic heterocycles. The topological polar surface area (TPSA) is 58.2 Å². The zero-order valence-electron chi connectivity index (χ0n) is 10.0. The van der Waals surface area contributed by atoms with Crippen molar-refractivity contribution in [3.05, 3.63) is 0 Å². The molecule has 0 unspecified atom stereocenters. The van der Waals surface area contributed by atoms with E-state index in [1.807, 2.05) is 25.6 Å². The minimum absolute atomic E-state index is 0.158. The summed E-state index contributed by atoms with van der Waals surface area (Å²) in [5.74, 6) is 2.31. The molecule has 0 bridgehead atoms. The lowest BCUT2D eigenvalue weighted by Crippen LogP contribution is -2.41. The number of thioether (sulfide) groups is 1. The van der Waals surface area contributed by atoms with Gasteiger partial charge in [0.25, 0.3) is 0 Å². The van der Waals surface area contributed by atoms with Gasteiger partial charge in [-0.2, -0.15) is 11.8 Å². The minimum atomic E-state index is -3.10. The lowest BCUT2D eigenvalue weighted by molar-refractivity contribution is 0.524. The van der Waals surface area contributed by atoms with Gasteiger partial charge in [-0.05, 0) is 24.3 Å². The molecule has 2 N–H and O–H groups in total. The summed E-state index contributed by atoms with van der Waals surface area (Å²) in [6.45, 7) is 4.55. The highest BCUT2D eigenvalue weighted by molar-refractivity contribution is 7.99. The van der Waals surface area contributed by atoms with E-state index in [-0.39, 0.29) is 11.8 Å². The zero-order valence-corrected chi connectivity index (χ0v) is 11.7.